The second kappa shape index (κ2) is 18.9. The van der Waals surface area contributed by atoms with Crippen LogP contribution in [-0.4, -0.2) is 144 Å². The van der Waals surface area contributed by atoms with Gasteiger partial charge in [0.05, 0.1) is 57.1 Å². The highest BCUT2D eigenvalue weighted by Gasteiger charge is 2.52. The number of hydrogen-bond acceptors (Lipinski definition) is 11. The topological polar surface area (TPSA) is 172 Å². The molecule has 6 bridgehead atoms. The molecule has 6 atom stereocenters. The minimum Gasteiger partial charge on any atom is -0.464 e. The van der Waals surface area contributed by atoms with Crippen molar-refractivity contribution in [2.24, 2.45) is 11.3 Å². The molecular formula is C49H62N9O7SSi. The summed E-state index contributed by atoms with van der Waals surface area (Å²) >= 11 is 1.40. The number of urea groups is 1. The maximum Gasteiger partial charge on any atom is 0.323 e. The molecule has 3 saturated heterocycles. The molecule has 3 aromatic heterocycles. The Bertz CT molecular complexity index is 2590. The summed E-state index contributed by atoms with van der Waals surface area (Å²) in [6, 6.07) is 7.77. The highest BCUT2D eigenvalue weighted by Crippen LogP contribution is 2.42. The van der Waals surface area contributed by atoms with Crippen molar-refractivity contribution in [1.29, 1.82) is 0 Å². The van der Waals surface area contributed by atoms with Crippen molar-refractivity contribution < 1.29 is 33.4 Å². The highest BCUT2D eigenvalue weighted by atomic mass is 32.1. The minimum atomic E-state index is -1.42. The first-order valence-electron chi connectivity index (χ1n) is 23.3. The molecule has 0 aliphatic carbocycles. The quantitative estimate of drug-likeness (QED) is 0.128. The third-order valence-corrected chi connectivity index (χ3v) is 15.3. The van der Waals surface area contributed by atoms with Crippen LogP contribution in [0.25, 0.3) is 33.4 Å². The lowest BCUT2D eigenvalue weighted by atomic mass is 9.84. The first-order chi connectivity index (χ1) is 31.9. The van der Waals surface area contributed by atoms with Crippen molar-refractivity contribution in [3.05, 3.63) is 70.8 Å². The van der Waals surface area contributed by atoms with Gasteiger partial charge in [0, 0.05) is 85.8 Å². The first kappa shape index (κ1) is 48.0. The van der Waals surface area contributed by atoms with Gasteiger partial charge in [-0.25, -0.2) is 15.2 Å². The smallest absolute Gasteiger partial charge is 0.323 e. The van der Waals surface area contributed by atoms with Crippen LogP contribution in [0.1, 0.15) is 83.2 Å². The number of likely N-dealkylation sites (N-methyl/N-ethyl adjacent to an activating group) is 1. The number of cyclic esters (lactones) is 1. The van der Waals surface area contributed by atoms with E-state index in [1.165, 1.54) is 27.3 Å². The predicted molar refractivity (Wildman–Crippen MR) is 257 cm³/mol. The molecule has 4 aliphatic rings. The van der Waals surface area contributed by atoms with E-state index < -0.39 is 40.4 Å². The number of nitrogens with zero attached hydrogens (tertiary/aromatic N) is 7. The van der Waals surface area contributed by atoms with E-state index in [1.807, 2.05) is 32.2 Å². The summed E-state index contributed by atoms with van der Waals surface area (Å²) < 4.78 is 14.3. The number of fused-ring (bicyclic) bond motifs is 7. The van der Waals surface area contributed by atoms with Gasteiger partial charge in [-0.15, -0.1) is 11.3 Å². The van der Waals surface area contributed by atoms with Crippen molar-refractivity contribution >= 4 is 62.2 Å². The summed E-state index contributed by atoms with van der Waals surface area (Å²) in [6.07, 6.45) is 4.87. The zero-order chi connectivity index (χ0) is 48.1. The van der Waals surface area contributed by atoms with E-state index in [0.29, 0.717) is 50.3 Å². The fourth-order valence-electron chi connectivity index (χ4n) is 10.4. The Morgan fingerprint density at radius 3 is 2.64 bits per heavy atom. The van der Waals surface area contributed by atoms with Gasteiger partial charge in [-0.05, 0) is 81.4 Å². The third-order valence-electron chi connectivity index (χ3n) is 13.9. The lowest BCUT2D eigenvalue weighted by Crippen LogP contribution is -2.69. The maximum atomic E-state index is 14.8. The van der Waals surface area contributed by atoms with E-state index in [2.05, 4.69) is 77.2 Å². The maximum absolute atomic E-state index is 14.8. The number of carbonyl (C=O) groups excluding carboxylic acids is 5. The van der Waals surface area contributed by atoms with Crippen LogP contribution in [0.15, 0.2) is 54.6 Å². The Kier molecular flexibility index (Phi) is 13.6. The molecule has 4 aliphatic heterocycles. The number of nitrogens with one attached hydrogen (secondary N) is 2. The molecule has 2 N–H and O–H groups in total. The van der Waals surface area contributed by atoms with E-state index in [-0.39, 0.29) is 55.6 Å². The molecule has 18 heteroatoms. The molecule has 8 rings (SSSR count). The van der Waals surface area contributed by atoms with Gasteiger partial charge in [0.25, 0.3) is 5.91 Å². The molecule has 0 saturated carbocycles. The average Bonchev–Trinajstić information content (AvgIpc) is 3.99. The largest absolute Gasteiger partial charge is 0.464 e. The number of hydrazine groups is 1. The Hall–Kier alpha value is -5.43. The number of esters is 1. The van der Waals surface area contributed by atoms with E-state index in [4.69, 9.17) is 19.4 Å². The van der Waals surface area contributed by atoms with Crippen LogP contribution in [-0.2, 0) is 48.0 Å². The highest BCUT2D eigenvalue weighted by molar-refractivity contribution is 7.10. The summed E-state index contributed by atoms with van der Waals surface area (Å²) in [6.45, 7) is 17.6. The van der Waals surface area contributed by atoms with E-state index in [9.17, 15) is 24.0 Å². The molecule has 0 unspecified atom stereocenters. The molecule has 3 radical (unpaired) electrons. The Morgan fingerprint density at radius 1 is 1.15 bits per heavy atom. The molecule has 1 aromatic carbocycles. The third kappa shape index (κ3) is 9.04. The van der Waals surface area contributed by atoms with Crippen molar-refractivity contribution in [2.75, 3.05) is 40.4 Å². The van der Waals surface area contributed by atoms with Crippen molar-refractivity contribution in [2.45, 2.75) is 116 Å². The molecule has 0 spiro atoms. The van der Waals surface area contributed by atoms with Gasteiger partial charge >= 0.3 is 12.0 Å². The Morgan fingerprint density at radius 2 is 1.93 bits per heavy atom. The van der Waals surface area contributed by atoms with Crippen molar-refractivity contribution in [1.82, 2.24) is 45.0 Å². The number of pyridine rings is 1. The minimum absolute atomic E-state index is 0.0532. The number of benzene rings is 1. The standard InChI is InChI=1S/C49H62N9O7SSi/c1-10-40(59)56-21-17-37-38(56)25-57(37)47(63)54(8)42(28(3)4)44(60)52-34-23-39-51-35(26-66-39)30-15-16-36-32(22-30)33(43(55(36)11-2)31-14-12-19-50-41(31)29(5)64-9)24-48(6,7)27-65-46(62)49(67)18-13-20-58(53-49)45(34)61/h10,12,14-16,19,22,26,28-29,34,37-38,42,53H,1,11,13,17-18,20-21,23-25,27H2,2-9H3,(H,52,60)/t29-,34-,37+,38+,42-,49-/m0/s1. The number of carbonyl (C=O) groups is 5. The second-order valence-electron chi connectivity index (χ2n) is 19.4. The molecule has 7 heterocycles. The fraction of sp³-hybridized carbons (Fsp3) is 0.531. The zero-order valence-corrected chi connectivity index (χ0v) is 41.6. The second-order valence-corrected chi connectivity index (χ2v) is 21.2. The van der Waals surface area contributed by atoms with Gasteiger partial charge in [0.15, 0.2) is 0 Å². The van der Waals surface area contributed by atoms with Crippen LogP contribution in [0.2, 0.25) is 0 Å². The molecule has 16 nitrogen and oxygen atoms in total. The van der Waals surface area contributed by atoms with Crippen LogP contribution in [0, 0.1) is 11.3 Å². The van der Waals surface area contributed by atoms with Crippen molar-refractivity contribution in [3.63, 3.8) is 0 Å². The van der Waals surface area contributed by atoms with Gasteiger partial charge in [-0.2, -0.15) is 0 Å². The summed E-state index contributed by atoms with van der Waals surface area (Å²) in [4.78, 5) is 84.8. The van der Waals surface area contributed by atoms with Crippen LogP contribution < -0.4 is 10.7 Å². The summed E-state index contributed by atoms with van der Waals surface area (Å²) in [5, 5.41) is 6.62. The Labute approximate surface area is 399 Å². The predicted octanol–water partition coefficient (Wildman–Crippen LogP) is 5.25. The monoisotopic (exact) mass is 948 g/mol. The van der Waals surface area contributed by atoms with E-state index >= 15 is 0 Å². The van der Waals surface area contributed by atoms with Crippen LogP contribution >= 0.6 is 11.3 Å². The normalized spacial score (nSPS) is 23.8. The van der Waals surface area contributed by atoms with E-state index in [1.54, 1.807) is 30.2 Å². The summed E-state index contributed by atoms with van der Waals surface area (Å²) in [7, 11) is 7.01. The number of hydrogen-bond donors (Lipinski definition) is 2. The van der Waals surface area contributed by atoms with Crippen LogP contribution in [0.4, 0.5) is 4.79 Å². The lowest BCUT2D eigenvalue weighted by Gasteiger charge is -2.48. The average molecular weight is 949 g/mol. The molecule has 5 amide bonds. The number of thiazole rings is 1. The van der Waals surface area contributed by atoms with Gasteiger partial charge in [-0.3, -0.25) is 29.2 Å². The number of rotatable bonds is 9. The number of ether oxygens (including phenoxy) is 2. The zero-order valence-electron chi connectivity index (χ0n) is 39.8. The van der Waals surface area contributed by atoms with Gasteiger partial charge in [0.2, 0.25) is 11.8 Å². The van der Waals surface area contributed by atoms with Crippen LogP contribution in [0.3, 0.4) is 0 Å². The first-order valence-corrected chi connectivity index (χ1v) is 24.6. The van der Waals surface area contributed by atoms with Gasteiger partial charge < -0.3 is 34.1 Å². The number of methoxy groups -OCH3 is 1. The SMILES string of the molecule is C=CC(=O)N1CC[C@@H]2[C@H]1CN2C(=O)N(C)[C@H](C(=O)N[C@H]1Cc2nc(cs2)-c2ccc3c(c2)c(c(-c2cccnc2[C@H](C)OC)n3CC)CC(C)(C)COC(=O)[C@@]2([Si])CCCN(N2)C1=O)C(C)C. The van der Waals surface area contributed by atoms with Crippen molar-refractivity contribution in [3.8, 4) is 22.5 Å². The number of amides is 5. The molecule has 67 heavy (non-hydrogen) atoms. The number of aromatic nitrogens is 3. The van der Waals surface area contributed by atoms with Gasteiger partial charge in [0.1, 0.15) is 17.2 Å². The molecular weight excluding hydrogens is 887 g/mol. The fourth-order valence-corrected chi connectivity index (χ4v) is 11.6. The molecule has 3 fully saturated rings. The van der Waals surface area contributed by atoms with E-state index in [0.717, 1.165) is 44.7 Å². The summed E-state index contributed by atoms with van der Waals surface area (Å²) in [5.74, 6) is -2.00. The molecule has 355 valence electrons. The lowest BCUT2D eigenvalue weighted by molar-refractivity contribution is -0.158. The number of aryl methyl sites for hydroxylation is 1. The Balaban J connectivity index is 1.16. The van der Waals surface area contributed by atoms with Crippen LogP contribution in [0.5, 0.6) is 0 Å². The van der Waals surface area contributed by atoms with Gasteiger partial charge in [-0.1, -0.05) is 40.3 Å². The number of likely N-dealkylation sites (tertiary alicyclic amines) is 2. The molecule has 4 aromatic rings. The summed E-state index contributed by atoms with van der Waals surface area (Å²) in [5.41, 5.74) is 9.14.